The highest BCUT2D eigenvalue weighted by molar-refractivity contribution is 7.99. The fourth-order valence-electron chi connectivity index (χ4n) is 1.29. The lowest BCUT2D eigenvalue weighted by Crippen LogP contribution is -2.00. The molecule has 0 saturated heterocycles. The summed E-state index contributed by atoms with van der Waals surface area (Å²) in [7, 11) is 0. The van der Waals surface area contributed by atoms with Gasteiger partial charge in [-0.25, -0.2) is 0 Å². The molecule has 2 N–H and O–H groups in total. The molecular weight excluding hydrogens is 242 g/mol. The number of hydrogen-bond acceptors (Lipinski definition) is 3. The Morgan fingerprint density at radius 3 is 2.69 bits per heavy atom. The Balaban J connectivity index is 1.82. The van der Waals surface area contributed by atoms with E-state index < -0.39 is 0 Å². The van der Waals surface area contributed by atoms with Gasteiger partial charge < -0.3 is 5.73 Å². The molecule has 0 aliphatic rings. The lowest BCUT2D eigenvalue weighted by molar-refractivity contribution is 0.666. The molecule has 5 heteroatoms. The van der Waals surface area contributed by atoms with Crippen molar-refractivity contribution in [2.45, 2.75) is 11.4 Å². The van der Waals surface area contributed by atoms with Crippen molar-refractivity contribution in [3.8, 4) is 0 Å². The quantitative estimate of drug-likeness (QED) is 0.852. The maximum atomic E-state index is 5.81. The summed E-state index contributed by atoms with van der Waals surface area (Å²) in [5, 5.41) is 4.89. The molecule has 0 fully saturated rings. The van der Waals surface area contributed by atoms with E-state index >= 15 is 0 Å². The molecule has 0 aliphatic heterocycles. The van der Waals surface area contributed by atoms with E-state index in [1.807, 2.05) is 35.1 Å². The highest BCUT2D eigenvalue weighted by Gasteiger charge is 1.97. The number of anilines is 1. The minimum Gasteiger partial charge on any atom is -0.396 e. The number of nitrogen functional groups attached to an aromatic ring is 1. The van der Waals surface area contributed by atoms with E-state index in [9.17, 15) is 0 Å². The van der Waals surface area contributed by atoms with Crippen LogP contribution >= 0.6 is 23.4 Å². The predicted molar refractivity (Wildman–Crippen MR) is 68.8 cm³/mol. The van der Waals surface area contributed by atoms with Crippen molar-refractivity contribution in [2.75, 3.05) is 11.5 Å². The molecule has 2 rings (SSSR count). The van der Waals surface area contributed by atoms with Crippen LogP contribution in [0.25, 0.3) is 0 Å². The third-order valence-corrected chi connectivity index (χ3v) is 3.30. The van der Waals surface area contributed by atoms with Gasteiger partial charge in [-0.3, -0.25) is 4.68 Å². The summed E-state index contributed by atoms with van der Waals surface area (Å²) in [5.41, 5.74) is 6.28. The standard InChI is InChI=1S/C11H12ClN3S/c12-9-1-3-11(4-2-9)16-6-5-15-8-10(13)7-14-15/h1-4,7-8H,5-6,13H2. The van der Waals surface area contributed by atoms with Gasteiger partial charge in [0.1, 0.15) is 0 Å². The average molecular weight is 254 g/mol. The number of aryl methyl sites for hydroxylation is 1. The van der Waals surface area contributed by atoms with Crippen molar-refractivity contribution < 1.29 is 0 Å². The molecule has 0 saturated carbocycles. The van der Waals surface area contributed by atoms with E-state index in [2.05, 4.69) is 5.10 Å². The Hall–Kier alpha value is -1.13. The topological polar surface area (TPSA) is 43.8 Å². The van der Waals surface area contributed by atoms with Gasteiger partial charge >= 0.3 is 0 Å². The lowest BCUT2D eigenvalue weighted by Gasteiger charge is -2.02. The van der Waals surface area contributed by atoms with Crippen LogP contribution in [0.3, 0.4) is 0 Å². The normalized spacial score (nSPS) is 10.6. The van der Waals surface area contributed by atoms with Crippen LogP contribution in [-0.2, 0) is 6.54 Å². The summed E-state index contributed by atoms with van der Waals surface area (Å²) in [6, 6.07) is 7.83. The second-order valence-corrected chi connectivity index (χ2v) is 4.94. The molecule has 0 spiro atoms. The SMILES string of the molecule is Nc1cnn(CCSc2ccc(Cl)cc2)c1. The summed E-state index contributed by atoms with van der Waals surface area (Å²) in [4.78, 5) is 1.21. The molecule has 16 heavy (non-hydrogen) atoms. The molecule has 1 heterocycles. The number of rotatable bonds is 4. The first kappa shape index (κ1) is 11.4. The minimum atomic E-state index is 0.705. The van der Waals surface area contributed by atoms with E-state index in [0.29, 0.717) is 5.69 Å². The monoisotopic (exact) mass is 253 g/mol. The molecule has 3 nitrogen and oxygen atoms in total. The van der Waals surface area contributed by atoms with Crippen molar-refractivity contribution in [1.82, 2.24) is 9.78 Å². The van der Waals surface area contributed by atoms with Crippen molar-refractivity contribution >= 4 is 29.1 Å². The Morgan fingerprint density at radius 1 is 1.31 bits per heavy atom. The molecule has 0 bridgehead atoms. The second-order valence-electron chi connectivity index (χ2n) is 3.34. The van der Waals surface area contributed by atoms with E-state index in [1.165, 1.54) is 4.90 Å². The number of thioether (sulfide) groups is 1. The fraction of sp³-hybridized carbons (Fsp3) is 0.182. The van der Waals surface area contributed by atoms with E-state index in [0.717, 1.165) is 17.3 Å². The first-order valence-electron chi connectivity index (χ1n) is 4.90. The number of nitrogens with zero attached hydrogens (tertiary/aromatic N) is 2. The summed E-state index contributed by atoms with van der Waals surface area (Å²) in [6.45, 7) is 0.852. The molecule has 0 amide bonds. The van der Waals surface area contributed by atoms with Gasteiger partial charge in [0, 0.05) is 21.9 Å². The molecule has 0 unspecified atom stereocenters. The van der Waals surface area contributed by atoms with Gasteiger partial charge in [0.15, 0.2) is 0 Å². The zero-order chi connectivity index (χ0) is 11.4. The molecule has 0 aliphatic carbocycles. The van der Waals surface area contributed by atoms with Crippen LogP contribution in [0.1, 0.15) is 0 Å². The number of nitrogens with two attached hydrogens (primary N) is 1. The highest BCUT2D eigenvalue weighted by Crippen LogP contribution is 2.20. The zero-order valence-corrected chi connectivity index (χ0v) is 10.2. The van der Waals surface area contributed by atoms with E-state index in [4.69, 9.17) is 17.3 Å². The highest BCUT2D eigenvalue weighted by atomic mass is 35.5. The Kier molecular flexibility index (Phi) is 3.74. The minimum absolute atomic E-state index is 0.705. The van der Waals surface area contributed by atoms with Crippen molar-refractivity contribution in [3.63, 3.8) is 0 Å². The zero-order valence-electron chi connectivity index (χ0n) is 8.64. The van der Waals surface area contributed by atoms with Crippen LogP contribution in [0.5, 0.6) is 0 Å². The lowest BCUT2D eigenvalue weighted by atomic mass is 10.4. The maximum Gasteiger partial charge on any atom is 0.0719 e. The van der Waals surface area contributed by atoms with Crippen LogP contribution < -0.4 is 5.73 Å². The second kappa shape index (κ2) is 5.27. The molecular formula is C11H12ClN3S. The first-order valence-corrected chi connectivity index (χ1v) is 6.27. The van der Waals surface area contributed by atoms with Crippen LogP contribution in [-0.4, -0.2) is 15.5 Å². The van der Waals surface area contributed by atoms with Gasteiger partial charge in [-0.1, -0.05) is 11.6 Å². The number of hydrogen-bond donors (Lipinski definition) is 1. The number of halogens is 1. The smallest absolute Gasteiger partial charge is 0.0719 e. The summed E-state index contributed by atoms with van der Waals surface area (Å²) in [5.74, 6) is 0.961. The maximum absolute atomic E-state index is 5.81. The molecule has 2 aromatic rings. The van der Waals surface area contributed by atoms with Crippen LogP contribution in [0.15, 0.2) is 41.6 Å². The first-order chi connectivity index (χ1) is 7.74. The van der Waals surface area contributed by atoms with Crippen LogP contribution in [0.2, 0.25) is 5.02 Å². The number of benzene rings is 1. The molecule has 0 atom stereocenters. The largest absolute Gasteiger partial charge is 0.396 e. The van der Waals surface area contributed by atoms with Crippen LogP contribution in [0.4, 0.5) is 5.69 Å². The van der Waals surface area contributed by atoms with Gasteiger partial charge in [0.25, 0.3) is 0 Å². The predicted octanol–water partition coefficient (Wildman–Crippen LogP) is 2.91. The third-order valence-electron chi connectivity index (χ3n) is 2.06. The Labute approximate surface area is 104 Å². The molecule has 84 valence electrons. The summed E-state index contributed by atoms with van der Waals surface area (Å²) >= 11 is 7.58. The van der Waals surface area contributed by atoms with Gasteiger partial charge in [0.05, 0.1) is 18.4 Å². The summed E-state index contributed by atoms with van der Waals surface area (Å²) < 4.78 is 1.85. The molecule has 1 aromatic heterocycles. The van der Waals surface area contributed by atoms with E-state index in [-0.39, 0.29) is 0 Å². The van der Waals surface area contributed by atoms with Gasteiger partial charge in [-0.2, -0.15) is 5.10 Å². The molecule has 1 aromatic carbocycles. The van der Waals surface area contributed by atoms with Crippen molar-refractivity contribution in [3.05, 3.63) is 41.7 Å². The van der Waals surface area contributed by atoms with Crippen molar-refractivity contribution in [2.24, 2.45) is 0 Å². The van der Waals surface area contributed by atoms with Gasteiger partial charge in [-0.05, 0) is 24.3 Å². The Bertz CT molecular complexity index is 453. The number of aromatic nitrogens is 2. The summed E-state index contributed by atoms with van der Waals surface area (Å²) in [6.07, 6.45) is 3.50. The van der Waals surface area contributed by atoms with Gasteiger partial charge in [0.2, 0.25) is 0 Å². The fourth-order valence-corrected chi connectivity index (χ4v) is 2.26. The van der Waals surface area contributed by atoms with Crippen LogP contribution in [0, 0.1) is 0 Å². The Morgan fingerprint density at radius 2 is 2.06 bits per heavy atom. The molecule has 0 radical (unpaired) electrons. The van der Waals surface area contributed by atoms with Crippen molar-refractivity contribution in [1.29, 1.82) is 0 Å². The van der Waals surface area contributed by atoms with Gasteiger partial charge in [-0.15, -0.1) is 11.8 Å². The van der Waals surface area contributed by atoms with E-state index in [1.54, 1.807) is 18.0 Å². The third kappa shape index (κ3) is 3.18. The average Bonchev–Trinajstić information content (AvgIpc) is 2.67.